The summed E-state index contributed by atoms with van der Waals surface area (Å²) in [5.41, 5.74) is 6.35. The van der Waals surface area contributed by atoms with Gasteiger partial charge in [0.25, 0.3) is 0 Å². The van der Waals surface area contributed by atoms with Crippen LogP contribution in [0.3, 0.4) is 0 Å². The number of hydrogen-bond donors (Lipinski definition) is 2. The molecule has 0 aliphatic rings. The Morgan fingerprint density at radius 3 is 2.50 bits per heavy atom. The number of ether oxygens (including phenoxy) is 1. The van der Waals surface area contributed by atoms with E-state index in [1.165, 1.54) is 12.1 Å². The molecule has 0 aliphatic carbocycles. The van der Waals surface area contributed by atoms with E-state index in [4.69, 9.17) is 5.73 Å². The topological polar surface area (TPSA) is 81.4 Å². The summed E-state index contributed by atoms with van der Waals surface area (Å²) in [5.74, 6) is -1.65. The fourth-order valence-corrected chi connectivity index (χ4v) is 1.70. The van der Waals surface area contributed by atoms with Crippen LogP contribution in [-0.4, -0.2) is 30.6 Å². The van der Waals surface area contributed by atoms with Gasteiger partial charge in [-0.25, -0.2) is 9.18 Å². The van der Waals surface area contributed by atoms with Gasteiger partial charge in [0.2, 0.25) is 5.91 Å². The van der Waals surface area contributed by atoms with Crippen LogP contribution in [0.1, 0.15) is 19.4 Å². The van der Waals surface area contributed by atoms with Gasteiger partial charge in [-0.2, -0.15) is 0 Å². The molecule has 0 radical (unpaired) electrons. The molecular weight excluding hydrogens is 263 g/mol. The number of rotatable bonds is 6. The molecule has 0 saturated carbocycles. The van der Waals surface area contributed by atoms with Crippen LogP contribution in [0.25, 0.3) is 0 Å². The van der Waals surface area contributed by atoms with Crippen molar-refractivity contribution >= 4 is 11.9 Å². The molecule has 0 aliphatic heterocycles. The Bertz CT molecular complexity index is 462. The first kappa shape index (κ1) is 16.1. The van der Waals surface area contributed by atoms with Gasteiger partial charge in [-0.3, -0.25) is 4.79 Å². The van der Waals surface area contributed by atoms with Crippen LogP contribution in [0.15, 0.2) is 24.3 Å². The first-order chi connectivity index (χ1) is 9.43. The minimum Gasteiger partial charge on any atom is -0.464 e. The molecule has 0 aromatic heterocycles. The van der Waals surface area contributed by atoms with E-state index < -0.39 is 17.9 Å². The summed E-state index contributed by atoms with van der Waals surface area (Å²) in [6.45, 7) is 3.59. The van der Waals surface area contributed by atoms with Gasteiger partial charge in [0.05, 0.1) is 6.61 Å². The zero-order chi connectivity index (χ0) is 15.1. The molecule has 0 fully saturated rings. The maximum atomic E-state index is 12.8. The Morgan fingerprint density at radius 2 is 1.95 bits per heavy atom. The van der Waals surface area contributed by atoms with Crippen molar-refractivity contribution in [3.05, 3.63) is 35.6 Å². The highest BCUT2D eigenvalue weighted by Gasteiger charge is 2.24. The van der Waals surface area contributed by atoms with Crippen LogP contribution in [0.4, 0.5) is 4.39 Å². The normalized spacial score (nSPS) is 13.4. The summed E-state index contributed by atoms with van der Waals surface area (Å²) in [4.78, 5) is 23.0. The van der Waals surface area contributed by atoms with E-state index in [0.29, 0.717) is 6.42 Å². The molecule has 0 bridgehead atoms. The first-order valence-corrected chi connectivity index (χ1v) is 6.41. The van der Waals surface area contributed by atoms with E-state index in [1.807, 2.05) is 0 Å². The second-order valence-electron chi connectivity index (χ2n) is 4.47. The maximum absolute atomic E-state index is 12.8. The van der Waals surface area contributed by atoms with Gasteiger partial charge >= 0.3 is 5.97 Å². The van der Waals surface area contributed by atoms with Gasteiger partial charge in [-0.1, -0.05) is 12.1 Å². The number of nitrogens with one attached hydrogen (secondary N) is 1. The molecule has 2 atom stereocenters. The molecule has 1 aromatic rings. The number of benzene rings is 1. The first-order valence-electron chi connectivity index (χ1n) is 6.41. The lowest BCUT2D eigenvalue weighted by atomic mass is 10.1. The lowest BCUT2D eigenvalue weighted by Gasteiger charge is -2.16. The van der Waals surface area contributed by atoms with Crippen molar-refractivity contribution < 1.29 is 18.7 Å². The third-order valence-electron chi connectivity index (χ3n) is 2.67. The quantitative estimate of drug-likeness (QED) is 0.596. The smallest absolute Gasteiger partial charge is 0.332 e. The highest BCUT2D eigenvalue weighted by atomic mass is 19.1. The summed E-state index contributed by atoms with van der Waals surface area (Å²) in [6.07, 6.45) is 0.515. The fraction of sp³-hybridized carbons (Fsp3) is 0.429. The van der Waals surface area contributed by atoms with Gasteiger partial charge in [-0.15, -0.1) is 0 Å². The van der Waals surface area contributed by atoms with Crippen molar-refractivity contribution in [2.75, 3.05) is 6.61 Å². The van der Waals surface area contributed by atoms with E-state index in [-0.39, 0.29) is 18.5 Å². The average Bonchev–Trinajstić information content (AvgIpc) is 2.40. The van der Waals surface area contributed by atoms with Crippen molar-refractivity contribution in [1.29, 1.82) is 0 Å². The lowest BCUT2D eigenvalue weighted by Crippen LogP contribution is -2.49. The van der Waals surface area contributed by atoms with Crippen LogP contribution >= 0.6 is 0 Å². The largest absolute Gasteiger partial charge is 0.464 e. The average molecular weight is 282 g/mol. The van der Waals surface area contributed by atoms with Crippen molar-refractivity contribution in [2.45, 2.75) is 32.4 Å². The van der Waals surface area contributed by atoms with Crippen molar-refractivity contribution in [3.8, 4) is 0 Å². The van der Waals surface area contributed by atoms with Crippen molar-refractivity contribution in [2.24, 2.45) is 5.73 Å². The summed E-state index contributed by atoms with van der Waals surface area (Å²) < 4.78 is 17.4. The summed E-state index contributed by atoms with van der Waals surface area (Å²) in [7, 11) is 0. The Balaban J connectivity index is 2.49. The second kappa shape index (κ2) is 7.59. The Hall–Kier alpha value is -1.95. The van der Waals surface area contributed by atoms with E-state index in [9.17, 15) is 14.0 Å². The highest BCUT2D eigenvalue weighted by Crippen LogP contribution is 2.05. The SMILES string of the molecule is CCOC(=O)C(N)C(=O)NC(C)Cc1ccc(F)cc1. The monoisotopic (exact) mass is 282 g/mol. The van der Waals surface area contributed by atoms with Gasteiger partial charge in [0.15, 0.2) is 6.04 Å². The molecule has 0 saturated heterocycles. The Labute approximate surface area is 117 Å². The molecule has 1 amide bonds. The third-order valence-corrected chi connectivity index (χ3v) is 2.67. The zero-order valence-corrected chi connectivity index (χ0v) is 11.6. The minimum absolute atomic E-state index is 0.172. The second-order valence-corrected chi connectivity index (χ2v) is 4.47. The molecule has 0 heterocycles. The number of nitrogens with two attached hydrogens (primary N) is 1. The highest BCUT2D eigenvalue weighted by molar-refractivity contribution is 6.01. The summed E-state index contributed by atoms with van der Waals surface area (Å²) in [6, 6.07) is 4.44. The number of hydrogen-bond acceptors (Lipinski definition) is 4. The standard InChI is InChI=1S/C14H19FN2O3/c1-3-20-14(19)12(16)13(18)17-9(2)8-10-4-6-11(15)7-5-10/h4-7,9,12H,3,8,16H2,1-2H3,(H,17,18). The van der Waals surface area contributed by atoms with Crippen LogP contribution in [0, 0.1) is 5.82 Å². The van der Waals surface area contributed by atoms with Crippen LogP contribution in [0.2, 0.25) is 0 Å². The molecule has 0 spiro atoms. The number of esters is 1. The molecule has 20 heavy (non-hydrogen) atoms. The van der Waals surface area contributed by atoms with Crippen LogP contribution in [0.5, 0.6) is 0 Å². The molecular formula is C14H19FN2O3. The molecule has 3 N–H and O–H groups in total. The van der Waals surface area contributed by atoms with E-state index in [2.05, 4.69) is 10.1 Å². The number of halogens is 1. The lowest BCUT2D eigenvalue weighted by molar-refractivity contribution is -0.148. The number of carbonyl (C=O) groups excluding carboxylic acids is 2. The summed E-state index contributed by atoms with van der Waals surface area (Å²) >= 11 is 0. The summed E-state index contributed by atoms with van der Waals surface area (Å²) in [5, 5.41) is 2.62. The van der Waals surface area contributed by atoms with Crippen molar-refractivity contribution in [1.82, 2.24) is 5.32 Å². The van der Waals surface area contributed by atoms with Crippen LogP contribution < -0.4 is 11.1 Å². The zero-order valence-electron chi connectivity index (χ0n) is 11.6. The van der Waals surface area contributed by atoms with Gasteiger partial charge < -0.3 is 15.8 Å². The Morgan fingerprint density at radius 1 is 1.35 bits per heavy atom. The van der Waals surface area contributed by atoms with Crippen molar-refractivity contribution in [3.63, 3.8) is 0 Å². The van der Waals surface area contributed by atoms with E-state index in [1.54, 1.807) is 26.0 Å². The maximum Gasteiger partial charge on any atom is 0.332 e. The molecule has 6 heteroatoms. The van der Waals surface area contributed by atoms with E-state index >= 15 is 0 Å². The van der Waals surface area contributed by atoms with Gasteiger partial charge in [-0.05, 0) is 38.0 Å². The third kappa shape index (κ3) is 4.97. The fourth-order valence-electron chi connectivity index (χ4n) is 1.70. The predicted molar refractivity (Wildman–Crippen MR) is 72.3 cm³/mol. The molecule has 2 unspecified atom stereocenters. The van der Waals surface area contributed by atoms with Gasteiger partial charge in [0, 0.05) is 6.04 Å². The minimum atomic E-state index is -1.33. The van der Waals surface area contributed by atoms with Crippen LogP contribution in [-0.2, 0) is 20.7 Å². The van der Waals surface area contributed by atoms with Gasteiger partial charge in [0.1, 0.15) is 5.82 Å². The predicted octanol–water partition coefficient (Wildman–Crippen LogP) is 0.763. The molecule has 5 nitrogen and oxygen atoms in total. The molecule has 110 valence electrons. The van der Waals surface area contributed by atoms with E-state index in [0.717, 1.165) is 5.56 Å². The molecule has 1 aromatic carbocycles. The number of carbonyl (C=O) groups is 2. The molecule has 1 rings (SSSR count). The Kier molecular flexibility index (Phi) is 6.11. The number of amides is 1.